The van der Waals surface area contributed by atoms with Crippen LogP contribution in [-0.2, 0) is 14.4 Å². The Labute approximate surface area is 178 Å². The lowest BCUT2D eigenvalue weighted by Gasteiger charge is -2.38. The van der Waals surface area contributed by atoms with Gasteiger partial charge in [0.1, 0.15) is 6.04 Å². The monoisotopic (exact) mass is 437 g/mol. The molecule has 1 aromatic carbocycles. The highest BCUT2D eigenvalue weighted by Gasteiger charge is 2.75. The number of β-amino-alcohol motifs (C(OH)–C–C–N with tert-alkyl or cyclic N) is 1. The van der Waals surface area contributed by atoms with Crippen molar-refractivity contribution in [1.29, 1.82) is 0 Å². The number of thioether (sulfide) groups is 1. The van der Waals surface area contributed by atoms with E-state index < -0.39 is 22.6 Å². The smallest absolute Gasteiger partial charge is 0.248 e. The average Bonchev–Trinajstić information content (AvgIpc) is 3.28. The van der Waals surface area contributed by atoms with Crippen LogP contribution in [0.2, 0.25) is 5.02 Å². The van der Waals surface area contributed by atoms with Crippen molar-refractivity contribution in [2.45, 2.75) is 29.4 Å². The van der Waals surface area contributed by atoms with E-state index in [0.29, 0.717) is 10.7 Å². The standard InChI is InChI=1S/C20H24ClN3O4S/c1-10-9-13-14(17(26)22-2)15-19(28)24(7-8-25)16(20(10,15)29-13)18(27)23-12-5-3-11(21)4-6-12/h3-6,10,13-16,25H,7-9H2,1-2H3,(H,22,26)(H,23,27)/t10?,13-,14+,15-,16?,20?/m0/s1. The molecule has 3 aliphatic heterocycles. The van der Waals surface area contributed by atoms with Crippen LogP contribution in [0.3, 0.4) is 0 Å². The minimum absolute atomic E-state index is 0.0148. The number of aliphatic hydroxyl groups excluding tert-OH is 1. The number of carbonyl (C=O) groups excluding carboxylic acids is 3. The Morgan fingerprint density at radius 3 is 2.62 bits per heavy atom. The molecule has 2 bridgehead atoms. The fourth-order valence-corrected chi connectivity index (χ4v) is 7.93. The van der Waals surface area contributed by atoms with E-state index in [9.17, 15) is 19.5 Å². The van der Waals surface area contributed by atoms with Crippen LogP contribution in [0.4, 0.5) is 5.69 Å². The maximum atomic E-state index is 13.4. The molecule has 3 heterocycles. The Balaban J connectivity index is 1.73. The number of hydrogen-bond acceptors (Lipinski definition) is 5. The summed E-state index contributed by atoms with van der Waals surface area (Å²) >= 11 is 7.53. The van der Waals surface area contributed by atoms with Gasteiger partial charge in [-0.2, -0.15) is 0 Å². The van der Waals surface area contributed by atoms with Crippen molar-refractivity contribution in [3.8, 4) is 0 Å². The zero-order chi connectivity index (χ0) is 20.9. The number of benzene rings is 1. The summed E-state index contributed by atoms with van der Waals surface area (Å²) in [7, 11) is 1.57. The van der Waals surface area contributed by atoms with E-state index >= 15 is 0 Å². The molecule has 29 heavy (non-hydrogen) atoms. The Kier molecular flexibility index (Phi) is 5.29. The number of carbonyl (C=O) groups is 3. The number of anilines is 1. The van der Waals surface area contributed by atoms with E-state index in [1.165, 1.54) is 4.90 Å². The Hall–Kier alpha value is -1.77. The predicted octanol–water partition coefficient (Wildman–Crippen LogP) is 1.35. The van der Waals surface area contributed by atoms with Crippen LogP contribution < -0.4 is 10.6 Å². The molecule has 0 radical (unpaired) electrons. The van der Waals surface area contributed by atoms with Crippen molar-refractivity contribution in [3.05, 3.63) is 29.3 Å². The number of nitrogens with one attached hydrogen (secondary N) is 2. The summed E-state index contributed by atoms with van der Waals surface area (Å²) in [5.74, 6) is -1.59. The molecule has 3 saturated heterocycles. The largest absolute Gasteiger partial charge is 0.395 e. The lowest BCUT2D eigenvalue weighted by Crippen LogP contribution is -2.55. The first-order valence-electron chi connectivity index (χ1n) is 9.72. The maximum absolute atomic E-state index is 13.4. The van der Waals surface area contributed by atoms with Gasteiger partial charge in [-0.05, 0) is 36.6 Å². The van der Waals surface area contributed by atoms with E-state index in [2.05, 4.69) is 17.6 Å². The fraction of sp³-hybridized carbons (Fsp3) is 0.550. The van der Waals surface area contributed by atoms with Gasteiger partial charge in [0, 0.05) is 29.6 Å². The number of hydrogen-bond donors (Lipinski definition) is 3. The second kappa shape index (κ2) is 7.49. The van der Waals surface area contributed by atoms with Crippen LogP contribution >= 0.6 is 23.4 Å². The number of aliphatic hydroxyl groups is 1. The van der Waals surface area contributed by atoms with Crippen molar-refractivity contribution in [2.24, 2.45) is 17.8 Å². The Morgan fingerprint density at radius 1 is 1.31 bits per heavy atom. The summed E-state index contributed by atoms with van der Waals surface area (Å²) in [6.07, 6.45) is 0.782. The number of halogens is 1. The summed E-state index contributed by atoms with van der Waals surface area (Å²) in [6.45, 7) is 1.87. The van der Waals surface area contributed by atoms with Crippen molar-refractivity contribution < 1.29 is 19.5 Å². The molecular formula is C20H24ClN3O4S. The van der Waals surface area contributed by atoms with Gasteiger partial charge in [-0.1, -0.05) is 18.5 Å². The molecule has 9 heteroatoms. The highest BCUT2D eigenvalue weighted by atomic mass is 35.5. The van der Waals surface area contributed by atoms with Gasteiger partial charge < -0.3 is 20.6 Å². The fourth-order valence-electron chi connectivity index (χ4n) is 5.38. The van der Waals surface area contributed by atoms with Gasteiger partial charge in [0.15, 0.2) is 0 Å². The minimum atomic E-state index is -0.748. The lowest BCUT2D eigenvalue weighted by molar-refractivity contribution is -0.139. The molecule has 3 fully saturated rings. The lowest BCUT2D eigenvalue weighted by atomic mass is 9.66. The predicted molar refractivity (Wildman–Crippen MR) is 112 cm³/mol. The second-order valence-electron chi connectivity index (χ2n) is 7.92. The average molecular weight is 438 g/mol. The molecule has 3 amide bonds. The number of fused-ring (bicyclic) bond motifs is 1. The Bertz CT molecular complexity index is 851. The molecule has 156 valence electrons. The molecule has 3 unspecified atom stereocenters. The first-order chi connectivity index (χ1) is 13.8. The highest BCUT2D eigenvalue weighted by Crippen LogP contribution is 2.68. The van der Waals surface area contributed by atoms with Crippen molar-refractivity contribution in [2.75, 3.05) is 25.5 Å². The van der Waals surface area contributed by atoms with Gasteiger partial charge in [0.05, 0.1) is 23.2 Å². The Morgan fingerprint density at radius 2 is 2.00 bits per heavy atom. The second-order valence-corrected chi connectivity index (χ2v) is 9.90. The van der Waals surface area contributed by atoms with Gasteiger partial charge >= 0.3 is 0 Å². The summed E-state index contributed by atoms with van der Waals surface area (Å²) in [6, 6.07) is 6.03. The number of nitrogens with zero attached hydrogens (tertiary/aromatic N) is 1. The van der Waals surface area contributed by atoms with E-state index in [4.69, 9.17) is 11.6 Å². The summed E-state index contributed by atoms with van der Waals surface area (Å²) in [5, 5.41) is 15.7. The number of rotatable bonds is 5. The van der Waals surface area contributed by atoms with Crippen LogP contribution in [0, 0.1) is 17.8 Å². The van der Waals surface area contributed by atoms with Gasteiger partial charge in [0.25, 0.3) is 0 Å². The molecule has 3 N–H and O–H groups in total. The zero-order valence-corrected chi connectivity index (χ0v) is 17.8. The molecule has 4 rings (SSSR count). The summed E-state index contributed by atoms with van der Waals surface area (Å²) in [5.41, 5.74) is 0.587. The summed E-state index contributed by atoms with van der Waals surface area (Å²) in [4.78, 5) is 40.9. The molecule has 0 aliphatic carbocycles. The molecule has 1 spiro atoms. The van der Waals surface area contributed by atoms with Crippen molar-refractivity contribution in [3.63, 3.8) is 0 Å². The van der Waals surface area contributed by atoms with Crippen molar-refractivity contribution >= 4 is 46.8 Å². The molecule has 6 atom stereocenters. The number of likely N-dealkylation sites (tertiary alicyclic amines) is 1. The van der Waals surface area contributed by atoms with Crippen LogP contribution in [0.15, 0.2) is 24.3 Å². The van der Waals surface area contributed by atoms with Crippen molar-refractivity contribution in [1.82, 2.24) is 10.2 Å². The highest BCUT2D eigenvalue weighted by molar-refractivity contribution is 8.02. The normalized spacial score (nSPS) is 35.0. The molecular weight excluding hydrogens is 414 g/mol. The first kappa shape index (κ1) is 20.5. The van der Waals surface area contributed by atoms with Crippen LogP contribution in [0.25, 0.3) is 0 Å². The molecule has 0 aromatic heterocycles. The van der Waals surface area contributed by atoms with E-state index in [1.807, 2.05) is 0 Å². The summed E-state index contributed by atoms with van der Waals surface area (Å²) < 4.78 is -0.676. The quantitative estimate of drug-likeness (QED) is 0.646. The molecule has 1 aromatic rings. The molecule has 7 nitrogen and oxygen atoms in total. The maximum Gasteiger partial charge on any atom is 0.248 e. The molecule has 3 aliphatic rings. The third-order valence-electron chi connectivity index (χ3n) is 6.50. The zero-order valence-electron chi connectivity index (χ0n) is 16.2. The number of amides is 3. The van der Waals surface area contributed by atoms with E-state index in [-0.39, 0.29) is 42.0 Å². The minimum Gasteiger partial charge on any atom is -0.395 e. The third kappa shape index (κ3) is 2.95. The topological polar surface area (TPSA) is 98.7 Å². The van der Waals surface area contributed by atoms with Crippen LogP contribution in [0.5, 0.6) is 0 Å². The SMILES string of the molecule is CNC(=O)[C@@H]1[C@@H]2CC(C)C3(S2)C(C(=O)Nc2ccc(Cl)cc2)N(CCO)C(=O)[C@H]13. The van der Waals surface area contributed by atoms with E-state index in [1.54, 1.807) is 43.1 Å². The van der Waals surface area contributed by atoms with Crippen LogP contribution in [-0.4, -0.2) is 64.0 Å². The third-order valence-corrected chi connectivity index (χ3v) is 8.82. The van der Waals surface area contributed by atoms with Gasteiger partial charge in [-0.15, -0.1) is 11.8 Å². The van der Waals surface area contributed by atoms with Gasteiger partial charge in [-0.3, -0.25) is 14.4 Å². The first-order valence-corrected chi connectivity index (χ1v) is 11.0. The van der Waals surface area contributed by atoms with Gasteiger partial charge in [0.2, 0.25) is 17.7 Å². The van der Waals surface area contributed by atoms with Gasteiger partial charge in [-0.25, -0.2) is 0 Å². The molecule has 0 saturated carbocycles. The van der Waals surface area contributed by atoms with Crippen LogP contribution in [0.1, 0.15) is 13.3 Å². The van der Waals surface area contributed by atoms with E-state index in [0.717, 1.165) is 6.42 Å².